The number of hydrogen-bond donors (Lipinski definition) is 2. The highest BCUT2D eigenvalue weighted by molar-refractivity contribution is 6.30. The Kier molecular flexibility index (Phi) is 5.73. The molecular weight excluding hydrogens is 450 g/mol. The molecule has 2 aromatic carbocycles. The molecule has 2 heterocycles. The topological polar surface area (TPSA) is 92.9 Å². The van der Waals surface area contributed by atoms with E-state index in [9.17, 15) is 9.90 Å². The van der Waals surface area contributed by atoms with Crippen molar-refractivity contribution in [2.24, 2.45) is 5.92 Å². The van der Waals surface area contributed by atoms with E-state index in [1.807, 2.05) is 49.4 Å². The molecule has 2 aromatic heterocycles. The van der Waals surface area contributed by atoms with Crippen LogP contribution < -0.4 is 5.32 Å². The lowest BCUT2D eigenvalue weighted by atomic mass is 10.1. The summed E-state index contributed by atoms with van der Waals surface area (Å²) in [5.41, 5.74) is 4.12. The van der Waals surface area contributed by atoms with Gasteiger partial charge in [-0.25, -0.2) is 19.7 Å². The van der Waals surface area contributed by atoms with Crippen LogP contribution in [0.5, 0.6) is 0 Å². The molecule has 1 aliphatic carbocycles. The van der Waals surface area contributed by atoms with Crippen LogP contribution in [-0.2, 0) is 0 Å². The van der Waals surface area contributed by atoms with Gasteiger partial charge in [0.15, 0.2) is 11.5 Å². The quantitative estimate of drug-likeness (QED) is 0.342. The lowest BCUT2D eigenvalue weighted by Gasteiger charge is -2.21. The zero-order valence-electron chi connectivity index (χ0n) is 19.3. The zero-order chi connectivity index (χ0) is 24.0. The van der Waals surface area contributed by atoms with Crippen molar-refractivity contribution >= 4 is 34.6 Å². The fraction of sp³-hybridized carbons (Fsp3) is 0.308. The van der Waals surface area contributed by atoms with E-state index in [-0.39, 0.29) is 17.9 Å². The third-order valence-electron chi connectivity index (χ3n) is 6.45. The molecule has 0 saturated heterocycles. The molecule has 34 heavy (non-hydrogen) atoms. The van der Waals surface area contributed by atoms with Crippen molar-refractivity contribution in [2.45, 2.75) is 45.7 Å². The van der Waals surface area contributed by atoms with Gasteiger partial charge in [0.25, 0.3) is 0 Å². The first-order valence-electron chi connectivity index (χ1n) is 11.4. The van der Waals surface area contributed by atoms with E-state index in [1.165, 1.54) is 0 Å². The average molecular weight is 476 g/mol. The molecule has 1 saturated carbocycles. The first kappa shape index (κ1) is 22.3. The molecule has 1 unspecified atom stereocenters. The summed E-state index contributed by atoms with van der Waals surface area (Å²) in [5, 5.41) is 13.8. The summed E-state index contributed by atoms with van der Waals surface area (Å²) >= 11 is 6.14. The maximum Gasteiger partial charge on any atom is 0.374 e. The van der Waals surface area contributed by atoms with Crippen LogP contribution >= 0.6 is 11.6 Å². The average Bonchev–Trinajstić information content (AvgIpc) is 3.59. The van der Waals surface area contributed by atoms with E-state index in [0.29, 0.717) is 33.7 Å². The Balaban J connectivity index is 1.78. The molecular formula is C26H26ClN5O2. The Morgan fingerprint density at radius 1 is 1.12 bits per heavy atom. The van der Waals surface area contributed by atoms with Crippen molar-refractivity contribution in [3.63, 3.8) is 0 Å². The Hall–Kier alpha value is -3.45. The lowest BCUT2D eigenvalue weighted by Crippen LogP contribution is -2.21. The highest BCUT2D eigenvalue weighted by Gasteiger charge is 2.31. The smallest absolute Gasteiger partial charge is 0.374 e. The van der Waals surface area contributed by atoms with Crippen LogP contribution in [0.4, 0.5) is 5.82 Å². The maximum absolute atomic E-state index is 11.8. The van der Waals surface area contributed by atoms with Crippen LogP contribution in [0, 0.1) is 12.8 Å². The molecule has 7 nitrogen and oxygen atoms in total. The van der Waals surface area contributed by atoms with Gasteiger partial charge in [-0.3, -0.25) is 0 Å². The number of hydrogen-bond acceptors (Lipinski definition) is 5. The van der Waals surface area contributed by atoms with E-state index < -0.39 is 5.97 Å². The number of halogens is 1. The third-order valence-corrected chi connectivity index (χ3v) is 6.70. The van der Waals surface area contributed by atoms with Crippen LogP contribution in [-0.4, -0.2) is 36.6 Å². The van der Waals surface area contributed by atoms with Crippen molar-refractivity contribution in [2.75, 3.05) is 5.32 Å². The molecule has 1 aliphatic rings. The lowest BCUT2D eigenvalue weighted by molar-refractivity contribution is 0.0684. The number of aromatic nitrogens is 4. The van der Waals surface area contributed by atoms with Crippen LogP contribution in [0.1, 0.15) is 54.5 Å². The molecule has 0 radical (unpaired) electrons. The van der Waals surface area contributed by atoms with Crippen LogP contribution in [0.15, 0.2) is 48.5 Å². The van der Waals surface area contributed by atoms with Gasteiger partial charge in [0.1, 0.15) is 11.3 Å². The molecule has 0 aliphatic heterocycles. The molecule has 2 atom stereocenters. The fourth-order valence-corrected chi connectivity index (χ4v) is 4.51. The van der Waals surface area contributed by atoms with Gasteiger partial charge in [0.2, 0.25) is 5.82 Å². The highest BCUT2D eigenvalue weighted by Crippen LogP contribution is 2.37. The minimum Gasteiger partial charge on any atom is -0.475 e. The number of nitrogens with zero attached hydrogens (tertiary/aromatic N) is 4. The number of carbonyl (C=O) groups is 1. The maximum atomic E-state index is 11.8. The Morgan fingerprint density at radius 3 is 2.50 bits per heavy atom. The zero-order valence-corrected chi connectivity index (χ0v) is 20.0. The van der Waals surface area contributed by atoms with Gasteiger partial charge < -0.3 is 15.0 Å². The predicted octanol–water partition coefficient (Wildman–Crippen LogP) is 5.97. The second-order valence-corrected chi connectivity index (χ2v) is 9.48. The number of nitrogens with one attached hydrogen (secondary N) is 1. The van der Waals surface area contributed by atoms with Gasteiger partial charge >= 0.3 is 5.97 Å². The van der Waals surface area contributed by atoms with Gasteiger partial charge in [-0.05, 0) is 63.3 Å². The van der Waals surface area contributed by atoms with Crippen molar-refractivity contribution in [1.29, 1.82) is 0 Å². The minimum absolute atomic E-state index is 0.131. The second-order valence-electron chi connectivity index (χ2n) is 9.05. The Labute approximate surface area is 202 Å². The van der Waals surface area contributed by atoms with E-state index in [0.717, 1.165) is 29.5 Å². The Bertz CT molecular complexity index is 1380. The number of aryl methyl sites for hydroxylation is 1. The molecule has 174 valence electrons. The second kappa shape index (κ2) is 8.72. The molecule has 2 N–H and O–H groups in total. The molecule has 5 rings (SSSR count). The molecule has 4 aromatic rings. The van der Waals surface area contributed by atoms with Crippen LogP contribution in [0.25, 0.3) is 22.6 Å². The van der Waals surface area contributed by atoms with Crippen LogP contribution in [0.3, 0.4) is 0 Å². The van der Waals surface area contributed by atoms with Gasteiger partial charge in [0, 0.05) is 16.6 Å². The van der Waals surface area contributed by atoms with Crippen LogP contribution in [0.2, 0.25) is 5.02 Å². The number of carboxylic acid groups (broad SMARTS) is 1. The number of fused-ring (bicyclic) bond motifs is 1. The summed E-state index contributed by atoms with van der Waals surface area (Å²) in [6.07, 6.45) is 2.31. The fourth-order valence-electron chi connectivity index (χ4n) is 4.38. The summed E-state index contributed by atoms with van der Waals surface area (Å²) in [7, 11) is 0. The van der Waals surface area contributed by atoms with Crippen molar-refractivity contribution in [3.8, 4) is 11.4 Å². The predicted molar refractivity (Wildman–Crippen MR) is 134 cm³/mol. The van der Waals surface area contributed by atoms with E-state index in [4.69, 9.17) is 16.6 Å². The van der Waals surface area contributed by atoms with Gasteiger partial charge in [0.05, 0.1) is 6.04 Å². The number of imidazole rings is 1. The van der Waals surface area contributed by atoms with E-state index >= 15 is 0 Å². The molecule has 1 fully saturated rings. The summed E-state index contributed by atoms with van der Waals surface area (Å²) in [5.74, 6) is 0.313. The third kappa shape index (κ3) is 4.23. The first-order chi connectivity index (χ1) is 16.3. The van der Waals surface area contributed by atoms with Crippen molar-refractivity contribution in [3.05, 3.63) is 70.5 Å². The summed E-state index contributed by atoms with van der Waals surface area (Å²) in [6, 6.07) is 15.8. The molecule has 0 amide bonds. The van der Waals surface area contributed by atoms with Gasteiger partial charge in [-0.1, -0.05) is 47.5 Å². The first-order valence-corrected chi connectivity index (χ1v) is 11.8. The normalized spacial score (nSPS) is 15.3. The number of aromatic carboxylic acids is 1. The molecule has 0 spiro atoms. The SMILES string of the molecule is Cc1cccc(-c2nc3nc(C(=O)O)nc(N[C@@H](C)C4CC4)c3n2C(C)c2ccc(Cl)cc2)c1. The van der Waals surface area contributed by atoms with Crippen molar-refractivity contribution < 1.29 is 9.90 Å². The van der Waals surface area contributed by atoms with Gasteiger partial charge in [-0.2, -0.15) is 0 Å². The number of rotatable bonds is 7. The Morgan fingerprint density at radius 2 is 1.85 bits per heavy atom. The number of carboxylic acids is 1. The summed E-state index contributed by atoms with van der Waals surface area (Å²) in [6.45, 7) is 6.23. The van der Waals surface area contributed by atoms with Gasteiger partial charge in [-0.15, -0.1) is 0 Å². The standard InChI is InChI=1S/C26H26ClN5O2/c1-14-5-4-6-19(13-14)25-31-23-21(32(25)16(3)18-9-11-20(27)12-10-18)22(28-15(2)17-7-8-17)29-24(30-23)26(33)34/h4-6,9-13,15-17H,7-8H2,1-3H3,(H,33,34)(H,28,29,30)/t15-,16?/m0/s1. The number of anilines is 1. The highest BCUT2D eigenvalue weighted by atomic mass is 35.5. The summed E-state index contributed by atoms with van der Waals surface area (Å²) in [4.78, 5) is 25.4. The van der Waals surface area contributed by atoms with E-state index in [2.05, 4.69) is 39.8 Å². The largest absolute Gasteiger partial charge is 0.475 e. The van der Waals surface area contributed by atoms with E-state index in [1.54, 1.807) is 0 Å². The molecule has 8 heteroatoms. The summed E-state index contributed by atoms with van der Waals surface area (Å²) < 4.78 is 2.10. The van der Waals surface area contributed by atoms with Crippen molar-refractivity contribution in [1.82, 2.24) is 19.5 Å². The minimum atomic E-state index is -1.18. The molecule has 0 bridgehead atoms. The number of benzene rings is 2. The monoisotopic (exact) mass is 475 g/mol.